The average Bonchev–Trinajstić information content (AvgIpc) is 2.73. The Morgan fingerprint density at radius 2 is 1.90 bits per heavy atom. The van der Waals surface area contributed by atoms with Crippen LogP contribution >= 0.6 is 0 Å². The van der Waals surface area contributed by atoms with Crippen molar-refractivity contribution in [2.45, 2.75) is 58.9 Å². The first-order chi connectivity index (χ1) is 9.99. The van der Waals surface area contributed by atoms with Gasteiger partial charge in [0.2, 0.25) is 5.91 Å². The SMILES string of the molecule is Cc1cc(C)n(CCC(=O)NCCCCCCC(=O)O)n1. The predicted octanol–water partition coefficient (Wildman–Crippen LogP) is 2.04. The van der Waals surface area contributed by atoms with Gasteiger partial charge in [-0.25, -0.2) is 0 Å². The summed E-state index contributed by atoms with van der Waals surface area (Å²) >= 11 is 0. The summed E-state index contributed by atoms with van der Waals surface area (Å²) in [5, 5.41) is 15.7. The quantitative estimate of drug-likeness (QED) is 0.647. The third-order valence-electron chi connectivity index (χ3n) is 3.29. The number of hydrogen-bond donors (Lipinski definition) is 2. The van der Waals surface area contributed by atoms with Gasteiger partial charge in [0, 0.05) is 31.6 Å². The number of amides is 1. The summed E-state index contributed by atoms with van der Waals surface area (Å²) in [5.74, 6) is -0.708. The molecule has 0 aliphatic heterocycles. The zero-order valence-corrected chi connectivity index (χ0v) is 12.9. The van der Waals surface area contributed by atoms with E-state index < -0.39 is 5.97 Å². The van der Waals surface area contributed by atoms with Crippen LogP contribution in [0.5, 0.6) is 0 Å². The van der Waals surface area contributed by atoms with Crippen molar-refractivity contribution in [3.8, 4) is 0 Å². The number of carboxylic acid groups (broad SMARTS) is 1. The fourth-order valence-corrected chi connectivity index (χ4v) is 2.18. The monoisotopic (exact) mass is 295 g/mol. The van der Waals surface area contributed by atoms with E-state index in [-0.39, 0.29) is 12.3 Å². The van der Waals surface area contributed by atoms with Crippen LogP contribution in [0.3, 0.4) is 0 Å². The second-order valence-electron chi connectivity index (χ2n) is 5.31. The number of carbonyl (C=O) groups excluding carboxylic acids is 1. The van der Waals surface area contributed by atoms with Gasteiger partial charge in [0.1, 0.15) is 0 Å². The first kappa shape index (κ1) is 17.2. The smallest absolute Gasteiger partial charge is 0.303 e. The lowest BCUT2D eigenvalue weighted by Crippen LogP contribution is -2.25. The Hall–Kier alpha value is -1.85. The highest BCUT2D eigenvalue weighted by molar-refractivity contribution is 5.75. The molecule has 2 N–H and O–H groups in total. The van der Waals surface area contributed by atoms with E-state index in [9.17, 15) is 9.59 Å². The van der Waals surface area contributed by atoms with Crippen molar-refractivity contribution in [1.29, 1.82) is 0 Å². The van der Waals surface area contributed by atoms with Gasteiger partial charge in [0.15, 0.2) is 0 Å². The molecule has 0 saturated heterocycles. The molecule has 1 amide bonds. The molecule has 0 aliphatic carbocycles. The van der Waals surface area contributed by atoms with Crippen LogP contribution in [0.25, 0.3) is 0 Å². The largest absolute Gasteiger partial charge is 0.481 e. The molecular formula is C15H25N3O3. The third-order valence-corrected chi connectivity index (χ3v) is 3.29. The minimum atomic E-state index is -0.743. The summed E-state index contributed by atoms with van der Waals surface area (Å²) in [6.07, 6.45) is 4.11. The Bertz CT molecular complexity index is 469. The van der Waals surface area contributed by atoms with Gasteiger partial charge in [-0.15, -0.1) is 0 Å². The van der Waals surface area contributed by atoms with E-state index in [2.05, 4.69) is 10.4 Å². The molecule has 0 saturated carbocycles. The highest BCUT2D eigenvalue weighted by Gasteiger charge is 2.05. The molecule has 1 heterocycles. The van der Waals surface area contributed by atoms with Crippen molar-refractivity contribution in [2.75, 3.05) is 6.54 Å². The Morgan fingerprint density at radius 1 is 1.19 bits per heavy atom. The van der Waals surface area contributed by atoms with Crippen molar-refractivity contribution in [1.82, 2.24) is 15.1 Å². The van der Waals surface area contributed by atoms with Crippen LogP contribution in [0.4, 0.5) is 0 Å². The van der Waals surface area contributed by atoms with Crippen molar-refractivity contribution in [3.63, 3.8) is 0 Å². The van der Waals surface area contributed by atoms with Crippen LogP contribution in [-0.2, 0) is 16.1 Å². The lowest BCUT2D eigenvalue weighted by Gasteiger charge is -2.06. The fourth-order valence-electron chi connectivity index (χ4n) is 2.18. The molecule has 6 heteroatoms. The second kappa shape index (κ2) is 9.15. The maximum absolute atomic E-state index is 11.7. The summed E-state index contributed by atoms with van der Waals surface area (Å²) in [6.45, 7) is 5.18. The topological polar surface area (TPSA) is 84.2 Å². The van der Waals surface area contributed by atoms with Crippen molar-refractivity contribution < 1.29 is 14.7 Å². The molecule has 1 aromatic rings. The van der Waals surface area contributed by atoms with Crippen LogP contribution < -0.4 is 5.32 Å². The fraction of sp³-hybridized carbons (Fsp3) is 0.667. The molecule has 6 nitrogen and oxygen atoms in total. The van der Waals surface area contributed by atoms with E-state index in [0.29, 0.717) is 25.9 Å². The highest BCUT2D eigenvalue weighted by atomic mass is 16.4. The summed E-state index contributed by atoms with van der Waals surface area (Å²) in [4.78, 5) is 22.0. The molecule has 118 valence electrons. The first-order valence-electron chi connectivity index (χ1n) is 7.48. The van der Waals surface area contributed by atoms with Crippen LogP contribution in [0.15, 0.2) is 6.07 Å². The molecule has 0 aliphatic rings. The van der Waals surface area contributed by atoms with E-state index in [1.165, 1.54) is 0 Å². The van der Waals surface area contributed by atoms with Gasteiger partial charge < -0.3 is 10.4 Å². The number of carboxylic acids is 1. The first-order valence-corrected chi connectivity index (χ1v) is 7.48. The zero-order chi connectivity index (χ0) is 15.7. The molecule has 0 bridgehead atoms. The predicted molar refractivity (Wildman–Crippen MR) is 80.0 cm³/mol. The minimum absolute atomic E-state index is 0.0353. The van der Waals surface area contributed by atoms with Gasteiger partial charge in [-0.05, 0) is 32.8 Å². The molecule has 21 heavy (non-hydrogen) atoms. The Kier molecular flexibility index (Phi) is 7.50. The molecule has 1 rings (SSSR count). The molecule has 0 spiro atoms. The number of aromatic nitrogens is 2. The van der Waals surface area contributed by atoms with E-state index in [0.717, 1.165) is 30.7 Å². The molecule has 0 radical (unpaired) electrons. The Labute approximate surface area is 125 Å². The summed E-state index contributed by atoms with van der Waals surface area (Å²) in [6, 6.07) is 2.00. The van der Waals surface area contributed by atoms with Crippen LogP contribution in [0, 0.1) is 13.8 Å². The van der Waals surface area contributed by atoms with E-state index >= 15 is 0 Å². The third kappa shape index (κ3) is 7.48. The van der Waals surface area contributed by atoms with Gasteiger partial charge >= 0.3 is 5.97 Å². The van der Waals surface area contributed by atoms with Crippen LogP contribution in [-0.4, -0.2) is 33.3 Å². The summed E-state index contributed by atoms with van der Waals surface area (Å²) in [7, 11) is 0. The van der Waals surface area contributed by atoms with E-state index in [4.69, 9.17) is 5.11 Å². The standard InChI is InChI=1S/C15H25N3O3/c1-12-11-13(2)18(17-12)10-8-14(19)16-9-6-4-3-5-7-15(20)21/h11H,3-10H2,1-2H3,(H,16,19)(H,20,21). The van der Waals surface area contributed by atoms with Gasteiger partial charge in [-0.2, -0.15) is 5.10 Å². The van der Waals surface area contributed by atoms with Gasteiger partial charge in [0.05, 0.1) is 5.69 Å². The minimum Gasteiger partial charge on any atom is -0.481 e. The molecular weight excluding hydrogens is 270 g/mol. The summed E-state index contributed by atoms with van der Waals surface area (Å²) in [5.41, 5.74) is 2.04. The molecule has 0 unspecified atom stereocenters. The number of hydrogen-bond acceptors (Lipinski definition) is 3. The van der Waals surface area contributed by atoms with Crippen molar-refractivity contribution >= 4 is 11.9 Å². The maximum Gasteiger partial charge on any atom is 0.303 e. The van der Waals surface area contributed by atoms with E-state index in [1.54, 1.807) is 0 Å². The number of aliphatic carboxylic acids is 1. The maximum atomic E-state index is 11.7. The van der Waals surface area contributed by atoms with Crippen molar-refractivity contribution in [2.24, 2.45) is 0 Å². The van der Waals surface area contributed by atoms with Gasteiger partial charge in [0.25, 0.3) is 0 Å². The molecule has 0 atom stereocenters. The Balaban J connectivity index is 2.04. The summed E-state index contributed by atoms with van der Waals surface area (Å²) < 4.78 is 1.85. The number of unbranched alkanes of at least 4 members (excludes halogenated alkanes) is 3. The number of aryl methyl sites for hydroxylation is 3. The number of rotatable bonds is 10. The van der Waals surface area contributed by atoms with Crippen LogP contribution in [0.2, 0.25) is 0 Å². The second-order valence-corrected chi connectivity index (χ2v) is 5.31. The molecule has 0 fully saturated rings. The van der Waals surface area contributed by atoms with Gasteiger partial charge in [-0.1, -0.05) is 12.8 Å². The Morgan fingerprint density at radius 3 is 2.52 bits per heavy atom. The van der Waals surface area contributed by atoms with Crippen LogP contribution in [0.1, 0.15) is 49.9 Å². The number of nitrogens with zero attached hydrogens (tertiary/aromatic N) is 2. The van der Waals surface area contributed by atoms with Crippen molar-refractivity contribution in [3.05, 3.63) is 17.5 Å². The van der Waals surface area contributed by atoms with E-state index in [1.807, 2.05) is 24.6 Å². The number of nitrogens with one attached hydrogen (secondary N) is 1. The lowest BCUT2D eigenvalue weighted by atomic mass is 10.1. The number of carbonyl (C=O) groups is 2. The normalized spacial score (nSPS) is 10.6. The highest BCUT2D eigenvalue weighted by Crippen LogP contribution is 2.03. The average molecular weight is 295 g/mol. The zero-order valence-electron chi connectivity index (χ0n) is 12.9. The molecule has 0 aromatic carbocycles. The molecule has 1 aromatic heterocycles. The lowest BCUT2D eigenvalue weighted by molar-refractivity contribution is -0.137. The van der Waals surface area contributed by atoms with Gasteiger partial charge in [-0.3, -0.25) is 14.3 Å².